The Morgan fingerprint density at radius 1 is 1.29 bits per heavy atom. The molecule has 0 radical (unpaired) electrons. The fourth-order valence-corrected chi connectivity index (χ4v) is 4.41. The van der Waals surface area contributed by atoms with Crippen LogP contribution in [0.25, 0.3) is 0 Å². The minimum absolute atomic E-state index is 0.436. The maximum atomic E-state index is 6.01. The summed E-state index contributed by atoms with van der Waals surface area (Å²) < 4.78 is 0. The predicted molar refractivity (Wildman–Crippen MR) is 88.6 cm³/mol. The Morgan fingerprint density at radius 3 is 2.86 bits per heavy atom. The molecule has 1 aromatic rings. The summed E-state index contributed by atoms with van der Waals surface area (Å²) in [6, 6.07) is 1.18. The van der Waals surface area contributed by atoms with E-state index in [-0.39, 0.29) is 0 Å². The van der Waals surface area contributed by atoms with Gasteiger partial charge in [-0.2, -0.15) is 0 Å². The normalized spacial score (nSPS) is 25.7. The highest BCUT2D eigenvalue weighted by Gasteiger charge is 2.29. The van der Waals surface area contributed by atoms with Gasteiger partial charge >= 0.3 is 0 Å². The molecule has 0 spiro atoms. The standard InChI is InChI=1S/C16H28N4S/c1-2-3-16-18-14(12-21-16)10-19-7-6-15(11-19)20-8-4-13(17)5-9-20/h12-13,15H,2-11,17H2,1H3. The van der Waals surface area contributed by atoms with Gasteiger partial charge in [-0.05, 0) is 45.2 Å². The van der Waals surface area contributed by atoms with E-state index >= 15 is 0 Å². The molecular weight excluding hydrogens is 280 g/mol. The van der Waals surface area contributed by atoms with Crippen molar-refractivity contribution in [2.24, 2.45) is 5.73 Å². The van der Waals surface area contributed by atoms with E-state index in [0.29, 0.717) is 6.04 Å². The average Bonchev–Trinajstić information content (AvgIpc) is 3.11. The molecule has 0 saturated carbocycles. The third-order valence-electron chi connectivity index (χ3n) is 4.79. The molecule has 0 bridgehead atoms. The van der Waals surface area contributed by atoms with E-state index in [0.717, 1.165) is 19.0 Å². The van der Waals surface area contributed by atoms with Crippen LogP contribution in [0.5, 0.6) is 0 Å². The molecule has 2 aliphatic rings. The van der Waals surface area contributed by atoms with Crippen LogP contribution in [0.3, 0.4) is 0 Å². The number of rotatable bonds is 5. The molecule has 2 saturated heterocycles. The Morgan fingerprint density at radius 2 is 2.10 bits per heavy atom. The molecule has 0 aromatic carbocycles. The van der Waals surface area contributed by atoms with Crippen LogP contribution in [0.4, 0.5) is 0 Å². The highest BCUT2D eigenvalue weighted by Crippen LogP contribution is 2.22. The number of likely N-dealkylation sites (tertiary alicyclic amines) is 2. The molecule has 118 valence electrons. The SMILES string of the molecule is CCCc1nc(CN2CCC(N3CCC(N)CC3)C2)cs1. The number of aryl methyl sites for hydroxylation is 1. The number of nitrogens with zero attached hydrogens (tertiary/aromatic N) is 3. The van der Waals surface area contributed by atoms with Crippen LogP contribution < -0.4 is 5.73 Å². The van der Waals surface area contributed by atoms with Crippen LogP contribution in [0.1, 0.15) is 43.3 Å². The van der Waals surface area contributed by atoms with Gasteiger partial charge in [0.2, 0.25) is 0 Å². The summed E-state index contributed by atoms with van der Waals surface area (Å²) in [5, 5.41) is 3.55. The summed E-state index contributed by atoms with van der Waals surface area (Å²) in [5.74, 6) is 0. The average molecular weight is 308 g/mol. The number of nitrogens with two attached hydrogens (primary N) is 1. The Balaban J connectivity index is 1.47. The first-order valence-corrected chi connectivity index (χ1v) is 9.28. The van der Waals surface area contributed by atoms with E-state index in [1.54, 1.807) is 0 Å². The van der Waals surface area contributed by atoms with E-state index in [2.05, 4.69) is 22.1 Å². The zero-order valence-corrected chi connectivity index (χ0v) is 13.9. The number of piperidine rings is 1. The fraction of sp³-hybridized carbons (Fsp3) is 0.812. The summed E-state index contributed by atoms with van der Waals surface area (Å²) >= 11 is 1.82. The Bertz CT molecular complexity index is 439. The van der Waals surface area contributed by atoms with E-state index < -0.39 is 0 Å². The second-order valence-electron chi connectivity index (χ2n) is 6.53. The first-order valence-electron chi connectivity index (χ1n) is 8.40. The molecule has 21 heavy (non-hydrogen) atoms. The highest BCUT2D eigenvalue weighted by molar-refractivity contribution is 7.09. The van der Waals surface area contributed by atoms with Crippen molar-refractivity contribution in [3.05, 3.63) is 16.1 Å². The van der Waals surface area contributed by atoms with Gasteiger partial charge in [-0.3, -0.25) is 9.80 Å². The van der Waals surface area contributed by atoms with Gasteiger partial charge in [-0.25, -0.2) is 4.98 Å². The van der Waals surface area contributed by atoms with Gasteiger partial charge in [0, 0.05) is 37.1 Å². The zero-order chi connectivity index (χ0) is 14.7. The lowest BCUT2D eigenvalue weighted by molar-refractivity contribution is 0.151. The molecule has 2 fully saturated rings. The van der Waals surface area contributed by atoms with Gasteiger partial charge < -0.3 is 5.73 Å². The van der Waals surface area contributed by atoms with Crippen LogP contribution >= 0.6 is 11.3 Å². The van der Waals surface area contributed by atoms with Crippen molar-refractivity contribution in [2.45, 2.75) is 57.7 Å². The van der Waals surface area contributed by atoms with Crippen LogP contribution in [0.2, 0.25) is 0 Å². The molecule has 0 aliphatic carbocycles. The monoisotopic (exact) mass is 308 g/mol. The van der Waals surface area contributed by atoms with Crippen LogP contribution in [0, 0.1) is 0 Å². The molecule has 1 atom stereocenters. The number of aromatic nitrogens is 1. The summed E-state index contributed by atoms with van der Waals surface area (Å²) in [7, 11) is 0. The zero-order valence-electron chi connectivity index (χ0n) is 13.1. The van der Waals surface area contributed by atoms with E-state index in [4.69, 9.17) is 10.7 Å². The van der Waals surface area contributed by atoms with E-state index in [1.807, 2.05) is 11.3 Å². The quantitative estimate of drug-likeness (QED) is 0.905. The van der Waals surface area contributed by atoms with Crippen molar-refractivity contribution in [2.75, 3.05) is 26.2 Å². The molecule has 0 amide bonds. The van der Waals surface area contributed by atoms with Crippen molar-refractivity contribution in [1.29, 1.82) is 0 Å². The van der Waals surface area contributed by atoms with Gasteiger partial charge in [0.05, 0.1) is 10.7 Å². The van der Waals surface area contributed by atoms with Crippen molar-refractivity contribution in [1.82, 2.24) is 14.8 Å². The van der Waals surface area contributed by atoms with E-state index in [1.165, 1.54) is 62.6 Å². The molecule has 2 N–H and O–H groups in total. The van der Waals surface area contributed by atoms with E-state index in [9.17, 15) is 0 Å². The molecule has 3 rings (SSSR count). The smallest absolute Gasteiger partial charge is 0.0928 e. The summed E-state index contributed by atoms with van der Waals surface area (Å²) in [5.41, 5.74) is 7.28. The number of thiazole rings is 1. The van der Waals surface area contributed by atoms with Gasteiger partial charge in [0.1, 0.15) is 0 Å². The predicted octanol–water partition coefficient (Wildman–Crippen LogP) is 2.09. The lowest BCUT2D eigenvalue weighted by atomic mass is 10.0. The molecule has 2 aliphatic heterocycles. The van der Waals surface area contributed by atoms with Gasteiger partial charge in [0.15, 0.2) is 0 Å². The molecular formula is C16H28N4S. The largest absolute Gasteiger partial charge is 0.328 e. The maximum absolute atomic E-state index is 6.01. The van der Waals surface area contributed by atoms with Crippen molar-refractivity contribution in [3.63, 3.8) is 0 Å². The highest BCUT2D eigenvalue weighted by atomic mass is 32.1. The molecule has 5 heteroatoms. The second-order valence-corrected chi connectivity index (χ2v) is 7.48. The third kappa shape index (κ3) is 4.03. The Kier molecular flexibility index (Phi) is 5.27. The van der Waals surface area contributed by atoms with Gasteiger partial charge in [0.25, 0.3) is 0 Å². The molecule has 1 unspecified atom stereocenters. The number of hydrogen-bond acceptors (Lipinski definition) is 5. The lowest BCUT2D eigenvalue weighted by Crippen LogP contribution is -2.46. The summed E-state index contributed by atoms with van der Waals surface area (Å²) in [6.07, 6.45) is 5.96. The third-order valence-corrected chi connectivity index (χ3v) is 5.74. The molecule has 1 aromatic heterocycles. The van der Waals surface area contributed by atoms with Crippen LogP contribution in [-0.4, -0.2) is 53.0 Å². The minimum Gasteiger partial charge on any atom is -0.328 e. The first-order chi connectivity index (χ1) is 10.2. The Labute approximate surface area is 132 Å². The molecule has 3 heterocycles. The number of hydrogen-bond donors (Lipinski definition) is 1. The second kappa shape index (κ2) is 7.18. The fourth-order valence-electron chi connectivity index (χ4n) is 3.52. The van der Waals surface area contributed by atoms with Crippen LogP contribution in [0.15, 0.2) is 5.38 Å². The van der Waals surface area contributed by atoms with Gasteiger partial charge in [-0.15, -0.1) is 11.3 Å². The van der Waals surface area contributed by atoms with Crippen molar-refractivity contribution < 1.29 is 0 Å². The lowest BCUT2D eigenvalue weighted by Gasteiger charge is -2.34. The summed E-state index contributed by atoms with van der Waals surface area (Å²) in [4.78, 5) is 9.99. The first kappa shape index (κ1) is 15.4. The van der Waals surface area contributed by atoms with Gasteiger partial charge in [-0.1, -0.05) is 6.92 Å². The minimum atomic E-state index is 0.436. The van der Waals surface area contributed by atoms with Crippen molar-refractivity contribution >= 4 is 11.3 Å². The topological polar surface area (TPSA) is 45.4 Å². The van der Waals surface area contributed by atoms with Crippen molar-refractivity contribution in [3.8, 4) is 0 Å². The molecule has 4 nitrogen and oxygen atoms in total. The van der Waals surface area contributed by atoms with Crippen LogP contribution in [-0.2, 0) is 13.0 Å². The maximum Gasteiger partial charge on any atom is 0.0928 e. The Hall–Kier alpha value is -0.490. The summed E-state index contributed by atoms with van der Waals surface area (Å²) in [6.45, 7) is 8.05.